The number of hydrogen-bond donors (Lipinski definition) is 1. The van der Waals surface area contributed by atoms with Crippen molar-refractivity contribution in [3.05, 3.63) is 20.1 Å². The highest BCUT2D eigenvalue weighted by molar-refractivity contribution is 7.51. The molecular formula is C29H54N5O5P-2. The van der Waals surface area contributed by atoms with E-state index in [9.17, 15) is 9.46 Å². The van der Waals surface area contributed by atoms with Gasteiger partial charge in [-0.25, -0.2) is 15.0 Å². The SMILES string of the molecule is CCCCCCCCCCCCCCCCOCCCOP(=O)([O-])COC(C)Cn1cnc2c(N)ncnc21.[CH3-]. The maximum Gasteiger partial charge on any atom is 0.165 e. The number of ether oxygens (including phenoxy) is 2. The minimum absolute atomic E-state index is 0. The number of aromatic nitrogens is 4. The molecule has 2 N–H and O–H groups in total. The molecule has 2 atom stereocenters. The molecule has 2 aromatic rings. The number of fused-ring (bicyclic) bond motifs is 1. The quantitative estimate of drug-likeness (QED) is 0.0770. The van der Waals surface area contributed by atoms with Gasteiger partial charge in [-0.3, -0.25) is 0 Å². The van der Waals surface area contributed by atoms with Crippen molar-refractivity contribution in [3.63, 3.8) is 0 Å². The molecule has 40 heavy (non-hydrogen) atoms. The third-order valence-electron chi connectivity index (χ3n) is 6.76. The molecule has 0 amide bonds. The Morgan fingerprint density at radius 2 is 1.45 bits per heavy atom. The first-order valence-electron chi connectivity index (χ1n) is 15.0. The van der Waals surface area contributed by atoms with Gasteiger partial charge in [0.15, 0.2) is 19.1 Å². The Kier molecular flexibility index (Phi) is 20.1. The summed E-state index contributed by atoms with van der Waals surface area (Å²) in [5.74, 6) is 0.299. The summed E-state index contributed by atoms with van der Waals surface area (Å²) in [7, 11) is -4.08. The molecule has 2 heterocycles. The molecule has 11 heteroatoms. The van der Waals surface area contributed by atoms with Crippen LogP contribution in [0.2, 0.25) is 0 Å². The zero-order valence-electron chi connectivity index (χ0n) is 25.2. The fraction of sp³-hybridized carbons (Fsp3) is 0.793. The molecule has 232 valence electrons. The molecular weight excluding hydrogens is 529 g/mol. The fourth-order valence-electron chi connectivity index (χ4n) is 4.48. The third kappa shape index (κ3) is 16.0. The summed E-state index contributed by atoms with van der Waals surface area (Å²) >= 11 is 0. The number of nitrogens with zero attached hydrogens (tertiary/aromatic N) is 4. The van der Waals surface area contributed by atoms with Crippen LogP contribution in [0.15, 0.2) is 12.7 Å². The molecule has 2 rings (SSSR count). The molecule has 2 aromatic heterocycles. The molecule has 0 aliphatic heterocycles. The van der Waals surface area contributed by atoms with Crippen LogP contribution in [-0.2, 0) is 25.1 Å². The maximum atomic E-state index is 12.2. The normalized spacial score (nSPS) is 13.8. The molecule has 0 aromatic carbocycles. The summed E-state index contributed by atoms with van der Waals surface area (Å²) in [6, 6.07) is 0. The Bertz CT molecular complexity index is 945. The molecule has 0 aliphatic carbocycles. The lowest BCUT2D eigenvalue weighted by Gasteiger charge is -2.25. The van der Waals surface area contributed by atoms with Crippen LogP contribution in [0.4, 0.5) is 5.82 Å². The molecule has 0 bridgehead atoms. The van der Waals surface area contributed by atoms with Crippen molar-refractivity contribution in [1.82, 2.24) is 19.5 Å². The van der Waals surface area contributed by atoms with Crippen LogP contribution < -0.4 is 10.6 Å². The Morgan fingerprint density at radius 3 is 2.08 bits per heavy atom. The molecule has 0 saturated carbocycles. The van der Waals surface area contributed by atoms with Gasteiger partial charge in [0.25, 0.3) is 0 Å². The predicted molar refractivity (Wildman–Crippen MR) is 161 cm³/mol. The van der Waals surface area contributed by atoms with Crippen molar-refractivity contribution < 1.29 is 23.5 Å². The van der Waals surface area contributed by atoms with Crippen LogP contribution in [0, 0.1) is 7.43 Å². The van der Waals surface area contributed by atoms with E-state index in [0.717, 1.165) is 6.42 Å². The average molecular weight is 584 g/mol. The smallest absolute Gasteiger partial charge is 0.165 e. The number of nitrogens with two attached hydrogens (primary N) is 1. The van der Waals surface area contributed by atoms with Crippen LogP contribution in [0.1, 0.15) is 110 Å². The highest BCUT2D eigenvalue weighted by atomic mass is 31.2. The molecule has 0 fully saturated rings. The second-order valence-corrected chi connectivity index (χ2v) is 12.2. The number of unbranched alkanes of at least 4 members (excludes halogenated alkanes) is 13. The van der Waals surface area contributed by atoms with Crippen LogP contribution in [-0.4, -0.2) is 51.8 Å². The van der Waals surface area contributed by atoms with Crippen molar-refractivity contribution in [2.45, 2.75) is 123 Å². The largest absolute Gasteiger partial charge is 0.777 e. The van der Waals surface area contributed by atoms with Crippen molar-refractivity contribution in [2.75, 3.05) is 31.9 Å². The van der Waals surface area contributed by atoms with Gasteiger partial charge >= 0.3 is 0 Å². The topological polar surface area (TPSA) is 137 Å². The van der Waals surface area contributed by atoms with Crippen molar-refractivity contribution >= 4 is 24.6 Å². The minimum Gasteiger partial charge on any atom is -0.777 e. The minimum atomic E-state index is -4.08. The monoisotopic (exact) mass is 583 g/mol. The maximum absolute atomic E-state index is 12.2. The molecule has 10 nitrogen and oxygen atoms in total. The lowest BCUT2D eigenvalue weighted by molar-refractivity contribution is -0.205. The first-order chi connectivity index (χ1) is 18.9. The highest BCUT2D eigenvalue weighted by Crippen LogP contribution is 2.37. The summed E-state index contributed by atoms with van der Waals surface area (Å²) in [6.45, 7) is 5.73. The van der Waals surface area contributed by atoms with Gasteiger partial charge in [0, 0.05) is 13.2 Å². The van der Waals surface area contributed by atoms with Gasteiger partial charge in [0.1, 0.15) is 18.2 Å². The Labute approximate surface area is 242 Å². The van der Waals surface area contributed by atoms with Crippen molar-refractivity contribution in [1.29, 1.82) is 0 Å². The van der Waals surface area contributed by atoms with Gasteiger partial charge in [-0.15, -0.1) is 0 Å². The second-order valence-electron chi connectivity index (χ2n) is 10.4. The Hall–Kier alpha value is -1.58. The molecule has 0 aliphatic rings. The van der Waals surface area contributed by atoms with E-state index < -0.39 is 20.0 Å². The Morgan fingerprint density at radius 1 is 0.875 bits per heavy atom. The van der Waals surface area contributed by atoms with E-state index >= 15 is 0 Å². The van der Waals surface area contributed by atoms with Gasteiger partial charge in [-0.1, -0.05) is 90.4 Å². The number of anilines is 1. The van der Waals surface area contributed by atoms with E-state index in [-0.39, 0.29) is 14.0 Å². The van der Waals surface area contributed by atoms with Gasteiger partial charge in [0.05, 0.1) is 25.6 Å². The first-order valence-corrected chi connectivity index (χ1v) is 16.7. The lowest BCUT2D eigenvalue weighted by Crippen LogP contribution is -2.20. The second kappa shape index (κ2) is 22.1. The molecule has 0 spiro atoms. The molecule has 2 unspecified atom stereocenters. The number of imidazole rings is 1. The van der Waals surface area contributed by atoms with Gasteiger partial charge < -0.3 is 41.2 Å². The van der Waals surface area contributed by atoms with Crippen LogP contribution in [0.25, 0.3) is 11.2 Å². The van der Waals surface area contributed by atoms with E-state index in [1.807, 2.05) is 0 Å². The van der Waals surface area contributed by atoms with E-state index in [0.29, 0.717) is 43.2 Å². The van der Waals surface area contributed by atoms with Crippen LogP contribution in [0.3, 0.4) is 0 Å². The first kappa shape index (κ1) is 36.4. The van der Waals surface area contributed by atoms with Crippen LogP contribution in [0.5, 0.6) is 0 Å². The van der Waals surface area contributed by atoms with Crippen molar-refractivity contribution in [2.24, 2.45) is 0 Å². The van der Waals surface area contributed by atoms with Gasteiger partial charge in [-0.2, -0.15) is 0 Å². The van der Waals surface area contributed by atoms with E-state index in [2.05, 4.69) is 21.9 Å². The Balaban J connectivity index is 0.00000800. The zero-order chi connectivity index (χ0) is 28.2. The van der Waals surface area contributed by atoms with Gasteiger partial charge in [0.2, 0.25) is 0 Å². The number of nitrogen functional groups attached to an aromatic ring is 1. The average Bonchev–Trinajstić information content (AvgIpc) is 3.32. The van der Waals surface area contributed by atoms with Crippen LogP contribution >= 0.6 is 7.60 Å². The molecule has 0 saturated heterocycles. The zero-order valence-corrected chi connectivity index (χ0v) is 26.1. The van der Waals surface area contributed by atoms with Gasteiger partial charge in [-0.05, 0) is 19.8 Å². The lowest BCUT2D eigenvalue weighted by atomic mass is 10.0. The number of rotatable bonds is 25. The fourth-order valence-corrected chi connectivity index (χ4v) is 5.40. The summed E-state index contributed by atoms with van der Waals surface area (Å²) in [5, 5.41) is 0. The summed E-state index contributed by atoms with van der Waals surface area (Å²) in [5.41, 5.74) is 6.88. The summed E-state index contributed by atoms with van der Waals surface area (Å²) in [4.78, 5) is 24.4. The summed E-state index contributed by atoms with van der Waals surface area (Å²) < 4.78 is 30.1. The standard InChI is InChI=1S/C28H52N5O5P.CH3/c1-3-4-5-6-7-8-9-10-11-12-13-14-15-16-18-36-19-17-20-38-39(34,35)24-37-25(2)21-33-23-32-26-27(29)30-22-31-28(26)33;/h22-23,25H,3-21,24H2,1-2H3,(H,34,35)(H2,29,30,31);1H3/q;-1/p-1. The predicted octanol–water partition coefficient (Wildman–Crippen LogP) is 6.68. The van der Waals surface area contributed by atoms with E-state index in [1.54, 1.807) is 17.8 Å². The van der Waals surface area contributed by atoms with Crippen molar-refractivity contribution in [3.8, 4) is 0 Å². The van der Waals surface area contributed by atoms with E-state index in [4.69, 9.17) is 19.7 Å². The number of hydrogen-bond acceptors (Lipinski definition) is 9. The summed E-state index contributed by atoms with van der Waals surface area (Å²) in [6.07, 6.45) is 21.3. The van der Waals surface area contributed by atoms with E-state index in [1.165, 1.54) is 89.8 Å². The molecule has 0 radical (unpaired) electrons. The third-order valence-corrected chi connectivity index (χ3v) is 7.80. The highest BCUT2D eigenvalue weighted by Gasteiger charge is 2.14.